The Hall–Kier alpha value is -2.20. The summed E-state index contributed by atoms with van der Waals surface area (Å²) >= 11 is 0. The number of phenols is 2. The summed E-state index contributed by atoms with van der Waals surface area (Å²) in [4.78, 5) is 0. The van der Waals surface area contributed by atoms with Crippen molar-refractivity contribution in [2.24, 2.45) is 0 Å². The molecule has 4 heteroatoms. The van der Waals surface area contributed by atoms with E-state index in [0.717, 1.165) is 18.5 Å². The largest absolute Gasteiger partial charge is 0.504 e. The van der Waals surface area contributed by atoms with Gasteiger partial charge in [0.1, 0.15) is 12.4 Å². The zero-order valence-electron chi connectivity index (χ0n) is 12.5. The summed E-state index contributed by atoms with van der Waals surface area (Å²) in [6, 6.07) is 9.97. The van der Waals surface area contributed by atoms with Crippen LogP contribution in [0, 0.1) is 0 Å². The normalized spacial score (nSPS) is 22.2. The molecule has 4 rings (SSSR count). The molecule has 0 aliphatic carbocycles. The number of nitrogens with one attached hydrogen (secondary N) is 1. The monoisotopic (exact) mass is 297 g/mol. The SMILES string of the molecule is CCc1ccc2c(c1)C1c3cc(O)c(O)cc3OCC1NC2. The molecule has 0 bridgehead atoms. The van der Waals surface area contributed by atoms with E-state index in [1.165, 1.54) is 22.8 Å². The molecule has 2 heterocycles. The van der Waals surface area contributed by atoms with E-state index in [1.807, 2.05) is 0 Å². The molecular formula is C18H19NO3. The molecule has 114 valence electrons. The first-order valence-electron chi connectivity index (χ1n) is 7.71. The number of hydrogen-bond donors (Lipinski definition) is 3. The van der Waals surface area contributed by atoms with Gasteiger partial charge in [-0.15, -0.1) is 0 Å². The summed E-state index contributed by atoms with van der Waals surface area (Å²) in [7, 11) is 0. The van der Waals surface area contributed by atoms with Gasteiger partial charge in [-0.25, -0.2) is 0 Å². The Morgan fingerprint density at radius 1 is 1.14 bits per heavy atom. The zero-order chi connectivity index (χ0) is 15.3. The number of rotatable bonds is 1. The van der Waals surface area contributed by atoms with E-state index in [0.29, 0.717) is 12.4 Å². The maximum atomic E-state index is 9.89. The van der Waals surface area contributed by atoms with Crippen molar-refractivity contribution in [3.63, 3.8) is 0 Å². The van der Waals surface area contributed by atoms with Gasteiger partial charge in [0.25, 0.3) is 0 Å². The summed E-state index contributed by atoms with van der Waals surface area (Å²) in [5.41, 5.74) is 4.85. The fourth-order valence-corrected chi connectivity index (χ4v) is 3.55. The Bertz CT molecular complexity index is 741. The minimum absolute atomic E-state index is 0.0956. The van der Waals surface area contributed by atoms with Crippen molar-refractivity contribution in [3.8, 4) is 17.2 Å². The molecule has 2 aliphatic heterocycles. The van der Waals surface area contributed by atoms with Gasteiger partial charge in [0.05, 0.1) is 6.04 Å². The van der Waals surface area contributed by atoms with E-state index in [4.69, 9.17) is 4.74 Å². The first kappa shape index (κ1) is 13.5. The van der Waals surface area contributed by atoms with Crippen molar-refractivity contribution in [2.45, 2.75) is 31.8 Å². The second-order valence-corrected chi connectivity index (χ2v) is 6.04. The highest BCUT2D eigenvalue weighted by atomic mass is 16.5. The molecule has 0 saturated heterocycles. The minimum atomic E-state index is -0.136. The van der Waals surface area contributed by atoms with Crippen molar-refractivity contribution in [2.75, 3.05) is 6.61 Å². The van der Waals surface area contributed by atoms with E-state index in [9.17, 15) is 10.2 Å². The molecule has 0 amide bonds. The number of phenolic OH excluding ortho intramolecular Hbond substituents is 2. The maximum Gasteiger partial charge on any atom is 0.161 e. The molecule has 0 aromatic heterocycles. The Morgan fingerprint density at radius 3 is 2.77 bits per heavy atom. The highest BCUT2D eigenvalue weighted by Crippen LogP contribution is 2.45. The molecule has 2 aliphatic rings. The van der Waals surface area contributed by atoms with E-state index in [1.54, 1.807) is 6.07 Å². The first-order valence-corrected chi connectivity index (χ1v) is 7.71. The number of fused-ring (bicyclic) bond motifs is 5. The van der Waals surface area contributed by atoms with Gasteiger partial charge >= 0.3 is 0 Å². The van der Waals surface area contributed by atoms with Gasteiger partial charge in [0.2, 0.25) is 0 Å². The quantitative estimate of drug-likeness (QED) is 0.708. The average molecular weight is 297 g/mol. The zero-order valence-corrected chi connectivity index (χ0v) is 12.5. The molecule has 0 spiro atoms. The summed E-state index contributed by atoms with van der Waals surface area (Å²) in [5, 5.41) is 23.1. The molecule has 2 aromatic carbocycles. The van der Waals surface area contributed by atoms with Crippen molar-refractivity contribution >= 4 is 0 Å². The van der Waals surface area contributed by atoms with Crippen LogP contribution in [0.4, 0.5) is 0 Å². The van der Waals surface area contributed by atoms with Gasteiger partial charge < -0.3 is 20.3 Å². The van der Waals surface area contributed by atoms with Crippen LogP contribution < -0.4 is 10.1 Å². The molecule has 22 heavy (non-hydrogen) atoms. The molecule has 2 atom stereocenters. The van der Waals surface area contributed by atoms with Crippen LogP contribution >= 0.6 is 0 Å². The highest BCUT2D eigenvalue weighted by Gasteiger charge is 2.37. The van der Waals surface area contributed by atoms with Crippen LogP contribution in [0.3, 0.4) is 0 Å². The first-order chi connectivity index (χ1) is 10.7. The van der Waals surface area contributed by atoms with Gasteiger partial charge in [0, 0.05) is 24.1 Å². The predicted octanol–water partition coefficient (Wildman–Crippen LogP) is 2.66. The van der Waals surface area contributed by atoms with E-state index in [2.05, 4.69) is 30.4 Å². The fourth-order valence-electron chi connectivity index (χ4n) is 3.55. The van der Waals surface area contributed by atoms with Crippen molar-refractivity contribution in [1.29, 1.82) is 0 Å². The van der Waals surface area contributed by atoms with Gasteiger partial charge in [-0.05, 0) is 29.2 Å². The van der Waals surface area contributed by atoms with E-state index in [-0.39, 0.29) is 23.5 Å². The van der Waals surface area contributed by atoms with Crippen LogP contribution in [0.15, 0.2) is 30.3 Å². The third-order valence-corrected chi connectivity index (χ3v) is 4.77. The van der Waals surface area contributed by atoms with E-state index < -0.39 is 0 Å². The van der Waals surface area contributed by atoms with Crippen LogP contribution in [-0.2, 0) is 13.0 Å². The Kier molecular flexibility index (Phi) is 3.01. The lowest BCUT2D eigenvalue weighted by molar-refractivity contribution is 0.214. The second kappa shape index (κ2) is 4.92. The number of ether oxygens (including phenoxy) is 1. The van der Waals surface area contributed by atoms with E-state index >= 15 is 0 Å². The number of aryl methyl sites for hydroxylation is 1. The molecule has 0 fully saturated rings. The summed E-state index contributed by atoms with van der Waals surface area (Å²) < 4.78 is 5.77. The maximum absolute atomic E-state index is 9.89. The smallest absolute Gasteiger partial charge is 0.161 e. The molecule has 2 unspecified atom stereocenters. The fraction of sp³-hybridized carbons (Fsp3) is 0.333. The lowest BCUT2D eigenvalue weighted by Gasteiger charge is -2.39. The number of benzene rings is 2. The highest BCUT2D eigenvalue weighted by molar-refractivity contribution is 5.56. The molecular weight excluding hydrogens is 278 g/mol. The standard InChI is InChI=1S/C18H19NO3/c1-2-10-3-4-11-8-19-14-9-22-17-7-16(21)15(20)6-13(17)18(14)12(11)5-10/h3-7,14,18-21H,2,8-9H2,1H3. The van der Waals surface area contributed by atoms with Gasteiger partial charge in [0.15, 0.2) is 11.5 Å². The number of aromatic hydroxyl groups is 2. The van der Waals surface area contributed by atoms with Gasteiger partial charge in [-0.3, -0.25) is 0 Å². The third-order valence-electron chi connectivity index (χ3n) is 4.77. The third kappa shape index (κ3) is 1.95. The second-order valence-electron chi connectivity index (χ2n) is 6.04. The minimum Gasteiger partial charge on any atom is -0.504 e. The number of hydrogen-bond acceptors (Lipinski definition) is 4. The van der Waals surface area contributed by atoms with Crippen LogP contribution in [0.2, 0.25) is 0 Å². The van der Waals surface area contributed by atoms with Crippen LogP contribution in [0.1, 0.15) is 35.1 Å². The van der Waals surface area contributed by atoms with Gasteiger partial charge in [-0.1, -0.05) is 25.1 Å². The molecule has 2 aromatic rings. The van der Waals surface area contributed by atoms with Crippen molar-refractivity contribution in [3.05, 3.63) is 52.6 Å². The molecule has 0 saturated carbocycles. The van der Waals surface area contributed by atoms with Crippen molar-refractivity contribution < 1.29 is 14.9 Å². The molecule has 0 radical (unpaired) electrons. The lowest BCUT2D eigenvalue weighted by Crippen LogP contribution is -2.46. The topological polar surface area (TPSA) is 61.7 Å². The molecule has 4 nitrogen and oxygen atoms in total. The van der Waals surface area contributed by atoms with Crippen molar-refractivity contribution in [1.82, 2.24) is 5.32 Å². The summed E-state index contributed by atoms with van der Waals surface area (Å²) in [5.74, 6) is 0.573. The lowest BCUT2D eigenvalue weighted by atomic mass is 9.78. The van der Waals surface area contributed by atoms with Crippen LogP contribution in [0.5, 0.6) is 17.2 Å². The summed E-state index contributed by atoms with van der Waals surface area (Å²) in [6.45, 7) is 3.56. The Labute approximate surface area is 129 Å². The molecule has 3 N–H and O–H groups in total. The Balaban J connectivity index is 1.90. The van der Waals surface area contributed by atoms with Crippen LogP contribution in [-0.4, -0.2) is 22.9 Å². The van der Waals surface area contributed by atoms with Crippen LogP contribution in [0.25, 0.3) is 0 Å². The average Bonchev–Trinajstić information content (AvgIpc) is 2.55. The summed E-state index contributed by atoms with van der Waals surface area (Å²) in [6.07, 6.45) is 1.00. The van der Waals surface area contributed by atoms with Gasteiger partial charge in [-0.2, -0.15) is 0 Å². The predicted molar refractivity (Wildman–Crippen MR) is 83.6 cm³/mol. The Morgan fingerprint density at radius 2 is 1.95 bits per heavy atom.